The van der Waals surface area contributed by atoms with Gasteiger partial charge in [-0.15, -0.1) is 0 Å². The quantitative estimate of drug-likeness (QED) is 0.607. The number of esters is 1. The molecule has 132 valence electrons. The molecule has 1 N–H and O–H groups in total. The Morgan fingerprint density at radius 2 is 2.08 bits per heavy atom. The molecule has 1 atom stereocenters. The summed E-state index contributed by atoms with van der Waals surface area (Å²) in [6, 6.07) is 6.45. The van der Waals surface area contributed by atoms with Crippen LogP contribution in [0.1, 0.15) is 30.8 Å². The normalized spacial score (nSPS) is 12.1. The van der Waals surface area contributed by atoms with Crippen molar-refractivity contribution in [2.75, 3.05) is 7.11 Å². The highest BCUT2D eigenvalue weighted by Crippen LogP contribution is 2.20. The Morgan fingerprint density at radius 1 is 1.36 bits per heavy atom. The van der Waals surface area contributed by atoms with E-state index in [-0.39, 0.29) is 12.3 Å². The maximum Gasteiger partial charge on any atom is 0.307 e. The second-order valence-corrected chi connectivity index (χ2v) is 5.73. The van der Waals surface area contributed by atoms with Crippen molar-refractivity contribution < 1.29 is 14.3 Å². The number of ether oxygens (including phenoxy) is 1. The molecule has 0 saturated heterocycles. The van der Waals surface area contributed by atoms with Crippen molar-refractivity contribution in [2.45, 2.75) is 25.9 Å². The van der Waals surface area contributed by atoms with E-state index in [1.165, 1.54) is 13.2 Å². The zero-order valence-corrected chi connectivity index (χ0v) is 14.9. The third kappa shape index (κ3) is 5.46. The fourth-order valence-electron chi connectivity index (χ4n) is 2.31. The number of nitrogens with zero attached hydrogens (tertiary/aromatic N) is 2. The number of hydrogen-bond acceptors (Lipinski definition) is 4. The van der Waals surface area contributed by atoms with Gasteiger partial charge in [0.05, 0.1) is 19.6 Å². The largest absolute Gasteiger partial charge is 0.469 e. The Balaban J connectivity index is 2.11. The molecule has 0 bridgehead atoms. The number of methoxy groups -OCH3 is 1. The summed E-state index contributed by atoms with van der Waals surface area (Å²) in [4.78, 5) is 28.1. The number of carbonyl (C=O) groups is 2. The van der Waals surface area contributed by atoms with Crippen LogP contribution >= 0.6 is 11.6 Å². The number of benzene rings is 1. The summed E-state index contributed by atoms with van der Waals surface area (Å²) in [6.07, 6.45) is 6.58. The molecular formula is C18H20ClN3O3. The number of aryl methyl sites for hydroxylation is 1. The summed E-state index contributed by atoms with van der Waals surface area (Å²) in [5.41, 5.74) is 0.770. The van der Waals surface area contributed by atoms with Crippen LogP contribution in [0.4, 0.5) is 0 Å². The van der Waals surface area contributed by atoms with Gasteiger partial charge in [0.2, 0.25) is 5.91 Å². The van der Waals surface area contributed by atoms with Crippen molar-refractivity contribution in [1.29, 1.82) is 0 Å². The lowest BCUT2D eigenvalue weighted by atomic mass is 10.0. The van der Waals surface area contributed by atoms with Crippen LogP contribution in [0, 0.1) is 0 Å². The van der Waals surface area contributed by atoms with Gasteiger partial charge in [0.25, 0.3) is 0 Å². The molecule has 0 aliphatic rings. The number of imidazole rings is 1. The topological polar surface area (TPSA) is 73.2 Å². The Morgan fingerprint density at radius 3 is 2.72 bits per heavy atom. The van der Waals surface area contributed by atoms with Crippen molar-refractivity contribution in [2.24, 2.45) is 0 Å². The lowest BCUT2D eigenvalue weighted by molar-refractivity contribution is -0.141. The number of aromatic nitrogens is 2. The highest BCUT2D eigenvalue weighted by Gasteiger charge is 2.18. The number of halogens is 1. The zero-order chi connectivity index (χ0) is 18.2. The minimum Gasteiger partial charge on any atom is -0.469 e. The number of nitrogens with one attached hydrogen (secondary N) is 1. The van der Waals surface area contributed by atoms with E-state index >= 15 is 0 Å². The Bertz CT molecular complexity index is 753. The minimum absolute atomic E-state index is 0.0291. The van der Waals surface area contributed by atoms with Crippen LogP contribution in [-0.2, 0) is 20.9 Å². The van der Waals surface area contributed by atoms with Crippen LogP contribution in [0.3, 0.4) is 0 Å². The average Bonchev–Trinajstić information content (AvgIpc) is 3.07. The van der Waals surface area contributed by atoms with Gasteiger partial charge in [-0.1, -0.05) is 23.7 Å². The van der Waals surface area contributed by atoms with Gasteiger partial charge in [-0.2, -0.15) is 0 Å². The van der Waals surface area contributed by atoms with Crippen LogP contribution in [0.25, 0.3) is 6.08 Å². The van der Waals surface area contributed by atoms with Crippen LogP contribution < -0.4 is 5.32 Å². The van der Waals surface area contributed by atoms with Crippen LogP contribution in [-0.4, -0.2) is 28.5 Å². The second kappa shape index (κ2) is 9.03. The molecule has 7 heteroatoms. The molecule has 1 unspecified atom stereocenters. The number of carbonyl (C=O) groups excluding carboxylic acids is 2. The standard InChI is InChI=1S/C18H20ClN3O3/c1-3-22-11-10-20-16(22)8-9-17(23)21-15(12-18(24)25-2)13-4-6-14(19)7-5-13/h4-11,15H,3,12H2,1-2H3,(H,21,23)/b9-8+. The van der Waals surface area contributed by atoms with E-state index in [1.54, 1.807) is 36.5 Å². The molecule has 1 heterocycles. The zero-order valence-electron chi connectivity index (χ0n) is 14.1. The molecule has 0 spiro atoms. The molecule has 2 aromatic rings. The van der Waals surface area contributed by atoms with E-state index in [9.17, 15) is 9.59 Å². The molecule has 0 radical (unpaired) electrons. The molecular weight excluding hydrogens is 342 g/mol. The Kier molecular flexibility index (Phi) is 6.77. The Hall–Kier alpha value is -2.60. The lowest BCUT2D eigenvalue weighted by Gasteiger charge is -2.17. The summed E-state index contributed by atoms with van der Waals surface area (Å²) in [5, 5.41) is 3.39. The molecule has 0 saturated carbocycles. The van der Waals surface area contributed by atoms with Gasteiger partial charge in [0, 0.05) is 30.0 Å². The van der Waals surface area contributed by atoms with Gasteiger partial charge in [-0.3, -0.25) is 9.59 Å². The van der Waals surface area contributed by atoms with E-state index in [4.69, 9.17) is 16.3 Å². The average molecular weight is 362 g/mol. The highest BCUT2D eigenvalue weighted by atomic mass is 35.5. The molecule has 1 aromatic heterocycles. The highest BCUT2D eigenvalue weighted by molar-refractivity contribution is 6.30. The van der Waals surface area contributed by atoms with Gasteiger partial charge in [0.1, 0.15) is 5.82 Å². The van der Waals surface area contributed by atoms with Crippen molar-refractivity contribution >= 4 is 29.6 Å². The Labute approximate surface area is 151 Å². The van der Waals surface area contributed by atoms with E-state index in [1.807, 2.05) is 17.7 Å². The number of rotatable bonds is 7. The summed E-state index contributed by atoms with van der Waals surface area (Å²) >= 11 is 5.89. The van der Waals surface area contributed by atoms with Gasteiger partial charge < -0.3 is 14.6 Å². The first-order valence-corrected chi connectivity index (χ1v) is 8.23. The summed E-state index contributed by atoms with van der Waals surface area (Å²) in [5.74, 6) is -0.0473. The van der Waals surface area contributed by atoms with Crippen molar-refractivity contribution in [3.63, 3.8) is 0 Å². The maximum atomic E-state index is 12.2. The summed E-state index contributed by atoms with van der Waals surface area (Å²) in [6.45, 7) is 2.75. The summed E-state index contributed by atoms with van der Waals surface area (Å²) in [7, 11) is 1.31. The molecule has 1 aromatic carbocycles. The van der Waals surface area contributed by atoms with E-state index < -0.39 is 12.0 Å². The fourth-order valence-corrected chi connectivity index (χ4v) is 2.44. The maximum absolute atomic E-state index is 12.2. The van der Waals surface area contributed by atoms with Crippen molar-refractivity contribution in [3.8, 4) is 0 Å². The first-order valence-electron chi connectivity index (χ1n) is 7.85. The minimum atomic E-state index is -0.507. The van der Waals surface area contributed by atoms with Crippen LogP contribution in [0.5, 0.6) is 0 Å². The fraction of sp³-hybridized carbons (Fsp3) is 0.278. The third-order valence-corrected chi connectivity index (χ3v) is 3.91. The SMILES string of the molecule is CCn1ccnc1/C=C/C(=O)NC(CC(=O)OC)c1ccc(Cl)cc1. The van der Waals surface area contributed by atoms with Crippen LogP contribution in [0.2, 0.25) is 5.02 Å². The third-order valence-electron chi connectivity index (χ3n) is 3.66. The van der Waals surface area contributed by atoms with E-state index in [2.05, 4.69) is 10.3 Å². The number of hydrogen-bond donors (Lipinski definition) is 1. The van der Waals surface area contributed by atoms with Gasteiger partial charge in [-0.25, -0.2) is 4.98 Å². The van der Waals surface area contributed by atoms with Gasteiger partial charge in [0.15, 0.2) is 0 Å². The molecule has 6 nitrogen and oxygen atoms in total. The first-order chi connectivity index (χ1) is 12.0. The first kappa shape index (κ1) is 18.7. The predicted molar refractivity (Wildman–Crippen MR) is 95.9 cm³/mol. The van der Waals surface area contributed by atoms with Gasteiger partial charge >= 0.3 is 5.97 Å². The van der Waals surface area contributed by atoms with Crippen LogP contribution in [0.15, 0.2) is 42.7 Å². The van der Waals surface area contributed by atoms with Gasteiger partial charge in [-0.05, 0) is 30.7 Å². The smallest absolute Gasteiger partial charge is 0.307 e. The van der Waals surface area contributed by atoms with Crippen molar-refractivity contribution in [3.05, 3.63) is 59.1 Å². The molecule has 2 rings (SSSR count). The van der Waals surface area contributed by atoms with E-state index in [0.717, 1.165) is 12.1 Å². The van der Waals surface area contributed by atoms with Crippen molar-refractivity contribution in [1.82, 2.24) is 14.9 Å². The molecule has 0 fully saturated rings. The monoisotopic (exact) mass is 361 g/mol. The predicted octanol–water partition coefficient (Wildman–Crippen LogP) is 2.99. The molecule has 0 aliphatic heterocycles. The second-order valence-electron chi connectivity index (χ2n) is 5.30. The molecule has 0 aliphatic carbocycles. The summed E-state index contributed by atoms with van der Waals surface area (Å²) < 4.78 is 6.62. The molecule has 1 amide bonds. The number of amides is 1. The van der Waals surface area contributed by atoms with E-state index in [0.29, 0.717) is 10.8 Å². The lowest BCUT2D eigenvalue weighted by Crippen LogP contribution is -2.29. The molecule has 25 heavy (non-hydrogen) atoms.